The molecule has 0 aliphatic carbocycles. The maximum Gasteiger partial charge on any atom is 0.137 e. The fourth-order valence-electron chi connectivity index (χ4n) is 1.64. The lowest BCUT2D eigenvalue weighted by molar-refractivity contribution is 0.591. The third kappa shape index (κ3) is 2.89. The van der Waals surface area contributed by atoms with E-state index in [4.69, 9.17) is 5.73 Å². The van der Waals surface area contributed by atoms with Gasteiger partial charge in [0.25, 0.3) is 0 Å². The van der Waals surface area contributed by atoms with Gasteiger partial charge in [0, 0.05) is 10.9 Å². The van der Waals surface area contributed by atoms with E-state index in [1.54, 1.807) is 31.2 Å². The molecule has 0 fully saturated rings. The van der Waals surface area contributed by atoms with Crippen LogP contribution in [0.5, 0.6) is 0 Å². The number of hydrogen-bond donors (Lipinski definition) is 1. The van der Waals surface area contributed by atoms with Gasteiger partial charge in [-0.15, -0.1) is 0 Å². The predicted octanol–water partition coefficient (Wildman–Crippen LogP) is 4.14. The molecule has 18 heavy (non-hydrogen) atoms. The highest BCUT2D eigenvalue weighted by molar-refractivity contribution is 7.99. The summed E-state index contributed by atoms with van der Waals surface area (Å²) < 4.78 is 26.9. The molecule has 0 aliphatic heterocycles. The summed E-state index contributed by atoms with van der Waals surface area (Å²) in [5, 5.41) is 0. The first-order chi connectivity index (χ1) is 8.58. The molecule has 1 unspecified atom stereocenters. The monoisotopic (exact) mass is 265 g/mol. The van der Waals surface area contributed by atoms with Crippen LogP contribution in [0.15, 0.2) is 52.3 Å². The molecule has 0 radical (unpaired) electrons. The average molecular weight is 265 g/mol. The maximum atomic E-state index is 13.8. The first-order valence-corrected chi connectivity index (χ1v) is 6.37. The highest BCUT2D eigenvalue weighted by Crippen LogP contribution is 2.34. The average Bonchev–Trinajstić information content (AvgIpc) is 2.31. The van der Waals surface area contributed by atoms with Crippen molar-refractivity contribution in [2.24, 2.45) is 5.73 Å². The van der Waals surface area contributed by atoms with Crippen LogP contribution in [-0.4, -0.2) is 0 Å². The molecule has 2 aromatic rings. The summed E-state index contributed by atoms with van der Waals surface area (Å²) in [6, 6.07) is 10.6. The Bertz CT molecular complexity index is 555. The third-order valence-corrected chi connectivity index (χ3v) is 3.63. The summed E-state index contributed by atoms with van der Waals surface area (Å²) in [5.41, 5.74) is 6.54. The highest BCUT2D eigenvalue weighted by Gasteiger charge is 2.13. The van der Waals surface area contributed by atoms with E-state index in [0.29, 0.717) is 9.79 Å². The van der Waals surface area contributed by atoms with Crippen LogP contribution in [0.2, 0.25) is 0 Å². The summed E-state index contributed by atoms with van der Waals surface area (Å²) in [5.74, 6) is -0.669. The molecule has 0 saturated heterocycles. The first-order valence-electron chi connectivity index (χ1n) is 5.55. The van der Waals surface area contributed by atoms with E-state index in [1.165, 1.54) is 30.0 Å². The zero-order valence-corrected chi connectivity index (χ0v) is 10.7. The minimum Gasteiger partial charge on any atom is -0.324 e. The smallest absolute Gasteiger partial charge is 0.137 e. The van der Waals surface area contributed by atoms with Crippen LogP contribution >= 0.6 is 11.8 Å². The van der Waals surface area contributed by atoms with Gasteiger partial charge in [0.1, 0.15) is 11.6 Å². The number of rotatable bonds is 3. The molecule has 0 heterocycles. The molecule has 4 heteroatoms. The molecule has 0 saturated carbocycles. The van der Waals surface area contributed by atoms with Crippen molar-refractivity contribution in [1.82, 2.24) is 0 Å². The van der Waals surface area contributed by atoms with Gasteiger partial charge in [0.05, 0.1) is 4.90 Å². The molecule has 0 aromatic heterocycles. The molecule has 0 bridgehead atoms. The third-order valence-electron chi connectivity index (χ3n) is 2.50. The second kappa shape index (κ2) is 5.50. The Morgan fingerprint density at radius 1 is 1.11 bits per heavy atom. The minimum atomic E-state index is -0.335. The van der Waals surface area contributed by atoms with Gasteiger partial charge in [-0.05, 0) is 36.8 Å². The van der Waals surface area contributed by atoms with Gasteiger partial charge in [-0.2, -0.15) is 0 Å². The van der Waals surface area contributed by atoms with Crippen LogP contribution < -0.4 is 5.73 Å². The SMILES string of the molecule is CC(N)c1cccc(F)c1Sc1cccc(F)c1. The van der Waals surface area contributed by atoms with E-state index in [2.05, 4.69) is 0 Å². The second-order valence-electron chi connectivity index (χ2n) is 4.01. The van der Waals surface area contributed by atoms with Crippen molar-refractivity contribution in [3.05, 3.63) is 59.7 Å². The van der Waals surface area contributed by atoms with E-state index in [0.717, 1.165) is 5.56 Å². The Balaban J connectivity index is 2.39. The van der Waals surface area contributed by atoms with Crippen molar-refractivity contribution in [2.45, 2.75) is 22.8 Å². The van der Waals surface area contributed by atoms with Crippen molar-refractivity contribution >= 4 is 11.8 Å². The molecular formula is C14H13F2NS. The lowest BCUT2D eigenvalue weighted by Crippen LogP contribution is -2.07. The Kier molecular flexibility index (Phi) is 3.99. The Labute approximate surface area is 109 Å². The Morgan fingerprint density at radius 3 is 2.50 bits per heavy atom. The molecule has 0 spiro atoms. The van der Waals surface area contributed by atoms with Gasteiger partial charge in [-0.1, -0.05) is 30.0 Å². The summed E-state index contributed by atoms with van der Waals surface area (Å²) in [6.07, 6.45) is 0. The molecule has 1 atom stereocenters. The van der Waals surface area contributed by atoms with Gasteiger partial charge >= 0.3 is 0 Å². The van der Waals surface area contributed by atoms with E-state index < -0.39 is 0 Å². The van der Waals surface area contributed by atoms with Crippen molar-refractivity contribution in [3.63, 3.8) is 0 Å². The topological polar surface area (TPSA) is 26.0 Å². The van der Waals surface area contributed by atoms with Crippen molar-refractivity contribution in [3.8, 4) is 0 Å². The summed E-state index contributed by atoms with van der Waals surface area (Å²) >= 11 is 1.19. The van der Waals surface area contributed by atoms with Crippen LogP contribution in [0.25, 0.3) is 0 Å². The van der Waals surface area contributed by atoms with Gasteiger partial charge in [0.15, 0.2) is 0 Å². The van der Waals surface area contributed by atoms with Gasteiger partial charge in [-0.3, -0.25) is 0 Å². The van der Waals surface area contributed by atoms with Crippen LogP contribution in [0.1, 0.15) is 18.5 Å². The van der Waals surface area contributed by atoms with Crippen LogP contribution in [0.4, 0.5) is 8.78 Å². The standard InChI is InChI=1S/C14H13F2NS/c1-9(17)12-6-3-7-13(16)14(12)18-11-5-2-4-10(15)8-11/h2-9H,17H2,1H3. The van der Waals surface area contributed by atoms with Crippen molar-refractivity contribution in [2.75, 3.05) is 0 Å². The predicted molar refractivity (Wildman–Crippen MR) is 69.5 cm³/mol. The number of nitrogens with two attached hydrogens (primary N) is 1. The van der Waals surface area contributed by atoms with Crippen LogP contribution in [0.3, 0.4) is 0 Å². The lowest BCUT2D eigenvalue weighted by atomic mass is 10.1. The number of hydrogen-bond acceptors (Lipinski definition) is 2. The van der Waals surface area contributed by atoms with Crippen molar-refractivity contribution in [1.29, 1.82) is 0 Å². The molecule has 0 aliphatic rings. The first kappa shape index (κ1) is 13.1. The zero-order valence-electron chi connectivity index (χ0n) is 9.86. The maximum absolute atomic E-state index is 13.8. The fraction of sp³-hybridized carbons (Fsp3) is 0.143. The highest BCUT2D eigenvalue weighted by atomic mass is 32.2. The molecule has 2 aromatic carbocycles. The fourth-order valence-corrected chi connectivity index (χ4v) is 2.73. The van der Waals surface area contributed by atoms with Crippen LogP contribution in [-0.2, 0) is 0 Å². The summed E-state index contributed by atoms with van der Waals surface area (Å²) in [4.78, 5) is 1.11. The molecule has 0 amide bonds. The normalized spacial score (nSPS) is 12.4. The molecule has 1 nitrogen and oxygen atoms in total. The molecular weight excluding hydrogens is 252 g/mol. The minimum absolute atomic E-state index is 0.267. The molecule has 2 rings (SSSR count). The zero-order chi connectivity index (χ0) is 13.1. The van der Waals surface area contributed by atoms with Gasteiger partial charge in [0.2, 0.25) is 0 Å². The molecule has 2 N–H and O–H groups in total. The summed E-state index contributed by atoms with van der Waals surface area (Å²) in [6.45, 7) is 1.80. The van der Waals surface area contributed by atoms with E-state index in [9.17, 15) is 8.78 Å². The van der Waals surface area contributed by atoms with E-state index >= 15 is 0 Å². The van der Waals surface area contributed by atoms with Gasteiger partial charge < -0.3 is 5.73 Å². The van der Waals surface area contributed by atoms with E-state index in [-0.39, 0.29) is 17.7 Å². The van der Waals surface area contributed by atoms with Gasteiger partial charge in [-0.25, -0.2) is 8.78 Å². The van der Waals surface area contributed by atoms with Crippen molar-refractivity contribution < 1.29 is 8.78 Å². The number of halogens is 2. The summed E-state index contributed by atoms with van der Waals surface area (Å²) in [7, 11) is 0. The quantitative estimate of drug-likeness (QED) is 0.902. The van der Waals surface area contributed by atoms with Crippen LogP contribution in [0, 0.1) is 11.6 Å². The van der Waals surface area contributed by atoms with E-state index in [1.807, 2.05) is 0 Å². The molecule has 94 valence electrons. The second-order valence-corrected chi connectivity index (χ2v) is 5.09. The Hall–Kier alpha value is -1.39. The largest absolute Gasteiger partial charge is 0.324 e. The number of benzene rings is 2. The Morgan fingerprint density at radius 2 is 1.83 bits per heavy atom. The lowest BCUT2D eigenvalue weighted by Gasteiger charge is -2.13.